The third kappa shape index (κ3) is 2.62. The summed E-state index contributed by atoms with van der Waals surface area (Å²) in [6, 6.07) is 5.51. The third-order valence-electron chi connectivity index (χ3n) is 3.08. The van der Waals surface area contributed by atoms with Crippen LogP contribution >= 0.6 is 0 Å². The Morgan fingerprint density at radius 2 is 2.22 bits per heavy atom. The van der Waals surface area contributed by atoms with Crippen LogP contribution in [0, 0.1) is 18.3 Å². The minimum absolute atomic E-state index is 0.0838. The molecular weight excluding hydrogens is 250 g/mol. The summed E-state index contributed by atoms with van der Waals surface area (Å²) in [6.07, 6.45) is 0.538. The number of sulfone groups is 1. The molecule has 0 amide bonds. The number of anilines is 1. The zero-order valence-corrected chi connectivity index (χ0v) is 11.2. The van der Waals surface area contributed by atoms with E-state index in [2.05, 4.69) is 16.4 Å². The molecule has 18 heavy (non-hydrogen) atoms. The van der Waals surface area contributed by atoms with E-state index in [4.69, 9.17) is 5.26 Å². The lowest BCUT2D eigenvalue weighted by Crippen LogP contribution is -2.36. The molecule has 1 unspecified atom stereocenters. The third-order valence-corrected chi connectivity index (χ3v) is 4.98. The number of hydrogen-bond acceptors (Lipinski definition) is 5. The fourth-order valence-corrected chi connectivity index (χ4v) is 4.23. The molecule has 1 N–H and O–H groups in total. The van der Waals surface area contributed by atoms with Gasteiger partial charge in [-0.15, -0.1) is 0 Å². The second-order valence-corrected chi connectivity index (χ2v) is 7.17. The number of aryl methyl sites for hydroxylation is 1. The largest absolute Gasteiger partial charge is 0.363 e. The molecule has 1 fully saturated rings. The molecule has 0 radical (unpaired) electrons. The van der Waals surface area contributed by atoms with Crippen LogP contribution in [0.3, 0.4) is 0 Å². The number of hydrogen-bond donors (Lipinski definition) is 1. The predicted molar refractivity (Wildman–Crippen MR) is 69.0 cm³/mol. The highest BCUT2D eigenvalue weighted by molar-refractivity contribution is 7.91. The van der Waals surface area contributed by atoms with Crippen molar-refractivity contribution in [1.29, 1.82) is 5.26 Å². The van der Waals surface area contributed by atoms with Crippen molar-refractivity contribution in [2.24, 2.45) is 0 Å². The summed E-state index contributed by atoms with van der Waals surface area (Å²) in [4.78, 5) is 4.27. The van der Waals surface area contributed by atoms with Crippen LogP contribution in [0.25, 0.3) is 0 Å². The van der Waals surface area contributed by atoms with Gasteiger partial charge in [-0.05, 0) is 32.4 Å². The first-order chi connectivity index (χ1) is 8.34. The maximum Gasteiger partial charge on any atom is 0.152 e. The Morgan fingerprint density at radius 1 is 1.50 bits per heavy atom. The van der Waals surface area contributed by atoms with E-state index in [1.807, 2.05) is 13.8 Å². The SMILES string of the molecule is Cc1ccc(C#N)c(NC2(C)CCS(=O)(=O)C2)n1. The van der Waals surface area contributed by atoms with Crippen LogP contribution in [0.1, 0.15) is 24.6 Å². The molecule has 0 aliphatic carbocycles. The summed E-state index contributed by atoms with van der Waals surface area (Å²) in [5.74, 6) is 0.738. The van der Waals surface area contributed by atoms with Crippen molar-refractivity contribution in [2.45, 2.75) is 25.8 Å². The van der Waals surface area contributed by atoms with Crippen LogP contribution in [0.2, 0.25) is 0 Å². The molecule has 0 spiro atoms. The van der Waals surface area contributed by atoms with Gasteiger partial charge in [-0.1, -0.05) is 0 Å². The van der Waals surface area contributed by atoms with Crippen molar-refractivity contribution in [2.75, 3.05) is 16.8 Å². The summed E-state index contributed by atoms with van der Waals surface area (Å²) in [6.45, 7) is 3.68. The highest BCUT2D eigenvalue weighted by Crippen LogP contribution is 2.28. The van der Waals surface area contributed by atoms with Crippen LogP contribution in [0.4, 0.5) is 5.82 Å². The van der Waals surface area contributed by atoms with Crippen LogP contribution in [0.15, 0.2) is 12.1 Å². The van der Waals surface area contributed by atoms with E-state index < -0.39 is 15.4 Å². The molecular formula is C12H15N3O2S. The molecule has 0 aromatic carbocycles. The van der Waals surface area contributed by atoms with E-state index in [1.165, 1.54) is 0 Å². The lowest BCUT2D eigenvalue weighted by molar-refractivity contribution is 0.571. The van der Waals surface area contributed by atoms with Gasteiger partial charge in [0.2, 0.25) is 0 Å². The van der Waals surface area contributed by atoms with Gasteiger partial charge < -0.3 is 5.32 Å². The van der Waals surface area contributed by atoms with Crippen LogP contribution in [-0.4, -0.2) is 30.4 Å². The highest BCUT2D eigenvalue weighted by atomic mass is 32.2. The van der Waals surface area contributed by atoms with E-state index in [0.29, 0.717) is 17.8 Å². The van der Waals surface area contributed by atoms with Crippen molar-refractivity contribution in [3.63, 3.8) is 0 Å². The molecule has 2 heterocycles. The number of nitrogens with one attached hydrogen (secondary N) is 1. The van der Waals surface area contributed by atoms with Crippen molar-refractivity contribution in [3.05, 3.63) is 23.4 Å². The van der Waals surface area contributed by atoms with Gasteiger partial charge in [-0.3, -0.25) is 0 Å². The Balaban J connectivity index is 2.30. The Hall–Kier alpha value is -1.61. The van der Waals surface area contributed by atoms with E-state index in [-0.39, 0.29) is 11.5 Å². The smallest absolute Gasteiger partial charge is 0.152 e. The Kier molecular flexibility index (Phi) is 3.03. The van der Waals surface area contributed by atoms with E-state index in [9.17, 15) is 8.42 Å². The number of pyridine rings is 1. The molecule has 5 nitrogen and oxygen atoms in total. The minimum Gasteiger partial charge on any atom is -0.363 e. The number of rotatable bonds is 2. The van der Waals surface area contributed by atoms with Gasteiger partial charge in [-0.25, -0.2) is 13.4 Å². The number of nitriles is 1. The molecule has 6 heteroatoms. The molecule has 96 valence electrons. The standard InChI is InChI=1S/C12H15N3O2S/c1-9-3-4-10(7-13)11(14-9)15-12(2)5-6-18(16,17)8-12/h3-4H,5-6,8H2,1-2H3,(H,14,15). The molecule has 0 saturated carbocycles. The van der Waals surface area contributed by atoms with Gasteiger partial charge in [-0.2, -0.15) is 5.26 Å². The monoisotopic (exact) mass is 265 g/mol. The fourth-order valence-electron chi connectivity index (χ4n) is 2.14. The van der Waals surface area contributed by atoms with E-state index >= 15 is 0 Å². The zero-order chi connectivity index (χ0) is 13.4. The normalized spacial score (nSPS) is 25.6. The quantitative estimate of drug-likeness (QED) is 0.870. The molecule has 0 bridgehead atoms. The summed E-state index contributed by atoms with van der Waals surface area (Å²) in [5, 5.41) is 12.1. The number of aromatic nitrogens is 1. The molecule has 1 saturated heterocycles. The van der Waals surface area contributed by atoms with Gasteiger partial charge >= 0.3 is 0 Å². The minimum atomic E-state index is -2.98. The Morgan fingerprint density at radius 3 is 2.78 bits per heavy atom. The maximum atomic E-state index is 11.5. The summed E-state index contributed by atoms with van der Waals surface area (Å²) >= 11 is 0. The average molecular weight is 265 g/mol. The molecule has 1 aliphatic rings. The zero-order valence-electron chi connectivity index (χ0n) is 10.4. The molecule has 1 aliphatic heterocycles. The van der Waals surface area contributed by atoms with Gasteiger partial charge in [0, 0.05) is 5.69 Å². The topological polar surface area (TPSA) is 82.9 Å². The van der Waals surface area contributed by atoms with Crippen molar-refractivity contribution in [1.82, 2.24) is 4.98 Å². The Bertz CT molecular complexity index is 619. The molecule has 1 aromatic rings. The first kappa shape index (κ1) is 12.8. The van der Waals surface area contributed by atoms with Gasteiger partial charge in [0.15, 0.2) is 9.84 Å². The van der Waals surface area contributed by atoms with Gasteiger partial charge in [0.1, 0.15) is 11.9 Å². The van der Waals surface area contributed by atoms with Crippen molar-refractivity contribution in [3.8, 4) is 6.07 Å². The average Bonchev–Trinajstić information content (AvgIpc) is 2.53. The highest BCUT2D eigenvalue weighted by Gasteiger charge is 2.38. The van der Waals surface area contributed by atoms with Gasteiger partial charge in [0.25, 0.3) is 0 Å². The van der Waals surface area contributed by atoms with E-state index in [0.717, 1.165) is 5.69 Å². The summed E-state index contributed by atoms with van der Waals surface area (Å²) in [5.41, 5.74) is 0.692. The summed E-state index contributed by atoms with van der Waals surface area (Å²) in [7, 11) is -2.98. The van der Waals surface area contributed by atoms with Gasteiger partial charge in [0.05, 0.1) is 22.6 Å². The first-order valence-electron chi connectivity index (χ1n) is 5.70. The van der Waals surface area contributed by atoms with Crippen LogP contribution < -0.4 is 5.32 Å². The lowest BCUT2D eigenvalue weighted by Gasteiger charge is -2.25. The predicted octanol–water partition coefficient (Wildman–Crippen LogP) is 1.25. The van der Waals surface area contributed by atoms with Crippen molar-refractivity contribution >= 4 is 15.7 Å². The fraction of sp³-hybridized carbons (Fsp3) is 0.500. The van der Waals surface area contributed by atoms with Crippen LogP contribution in [0.5, 0.6) is 0 Å². The summed E-state index contributed by atoms with van der Waals surface area (Å²) < 4.78 is 23.1. The number of nitrogens with zero attached hydrogens (tertiary/aromatic N) is 2. The maximum absolute atomic E-state index is 11.5. The second kappa shape index (κ2) is 4.25. The molecule has 1 atom stereocenters. The Labute approximate surface area is 107 Å². The van der Waals surface area contributed by atoms with Crippen molar-refractivity contribution < 1.29 is 8.42 Å². The van der Waals surface area contributed by atoms with E-state index in [1.54, 1.807) is 12.1 Å². The molecule has 1 aromatic heterocycles. The first-order valence-corrected chi connectivity index (χ1v) is 7.52. The van der Waals surface area contributed by atoms with Crippen LogP contribution in [-0.2, 0) is 9.84 Å². The second-order valence-electron chi connectivity index (χ2n) is 4.99. The lowest BCUT2D eigenvalue weighted by atomic mass is 10.0. The molecule has 2 rings (SSSR count).